The molecule has 1 N–H and O–H groups in total. The Kier molecular flexibility index (Phi) is 6.82. The van der Waals surface area contributed by atoms with Crippen molar-refractivity contribution in [2.75, 3.05) is 42.9 Å². The molecule has 8 heteroatoms. The molecule has 1 fully saturated rings. The van der Waals surface area contributed by atoms with E-state index in [1.165, 1.54) is 22.5 Å². The lowest BCUT2D eigenvalue weighted by atomic mass is 10.1. The largest absolute Gasteiger partial charge is 0.369 e. The van der Waals surface area contributed by atoms with Crippen molar-refractivity contribution in [1.82, 2.24) is 9.88 Å². The Morgan fingerprint density at radius 2 is 1.81 bits per heavy atom. The van der Waals surface area contributed by atoms with E-state index in [0.717, 1.165) is 43.1 Å². The molecule has 5 nitrogen and oxygen atoms in total. The average molecular weight is 475 g/mol. The molecule has 0 unspecified atom stereocenters. The molecule has 4 rings (SSSR count). The lowest BCUT2D eigenvalue weighted by molar-refractivity contribution is -0.117. The quantitative estimate of drug-likeness (QED) is 0.530. The maximum atomic E-state index is 12.5. The molecule has 3 aromatic rings. The van der Waals surface area contributed by atoms with Crippen molar-refractivity contribution in [2.24, 2.45) is 0 Å². The van der Waals surface area contributed by atoms with Crippen LogP contribution in [0.2, 0.25) is 10.0 Å². The van der Waals surface area contributed by atoms with E-state index in [0.29, 0.717) is 21.7 Å². The molecule has 0 aliphatic carbocycles. The Morgan fingerprint density at radius 1 is 1.03 bits per heavy atom. The lowest BCUT2D eigenvalue weighted by Crippen LogP contribution is -2.48. The van der Waals surface area contributed by atoms with E-state index >= 15 is 0 Å². The number of aryl methyl sites for hydroxylation is 2. The number of halogens is 2. The Hall–Kier alpha value is -2.12. The molecule has 1 aliphatic rings. The normalized spacial score (nSPS) is 14.6. The van der Waals surface area contributed by atoms with Gasteiger partial charge in [0.15, 0.2) is 5.13 Å². The maximum Gasteiger partial charge on any atom is 0.240 e. The smallest absolute Gasteiger partial charge is 0.240 e. The summed E-state index contributed by atoms with van der Waals surface area (Å²) in [6.07, 6.45) is 0. The summed E-state index contributed by atoms with van der Waals surface area (Å²) < 4.78 is 0. The predicted molar refractivity (Wildman–Crippen MR) is 131 cm³/mol. The van der Waals surface area contributed by atoms with E-state index in [1.807, 2.05) is 23.6 Å². The third-order valence-corrected chi connectivity index (χ3v) is 7.06. The monoisotopic (exact) mass is 474 g/mol. The number of anilines is 2. The predicted octanol–water partition coefficient (Wildman–Crippen LogP) is 5.49. The molecular formula is C23H24Cl2N4OS. The third-order valence-electron chi connectivity index (χ3n) is 5.56. The van der Waals surface area contributed by atoms with Crippen LogP contribution in [0.5, 0.6) is 0 Å². The first-order chi connectivity index (χ1) is 14.9. The Morgan fingerprint density at radius 3 is 2.52 bits per heavy atom. The highest BCUT2D eigenvalue weighted by atomic mass is 35.5. The second kappa shape index (κ2) is 9.57. The van der Waals surface area contributed by atoms with Crippen molar-refractivity contribution in [3.63, 3.8) is 0 Å². The van der Waals surface area contributed by atoms with Crippen LogP contribution in [-0.4, -0.2) is 48.5 Å². The second-order valence-corrected chi connectivity index (χ2v) is 9.42. The van der Waals surface area contributed by atoms with Crippen LogP contribution in [0.25, 0.3) is 11.3 Å². The van der Waals surface area contributed by atoms with E-state index in [4.69, 9.17) is 23.2 Å². The Bertz CT molecular complexity index is 1090. The molecular weight excluding hydrogens is 451 g/mol. The molecule has 162 valence electrons. The van der Waals surface area contributed by atoms with Gasteiger partial charge in [0.2, 0.25) is 5.91 Å². The van der Waals surface area contributed by atoms with Crippen LogP contribution in [0.3, 0.4) is 0 Å². The number of benzene rings is 2. The van der Waals surface area contributed by atoms with Crippen LogP contribution >= 0.6 is 34.5 Å². The van der Waals surface area contributed by atoms with Gasteiger partial charge in [0.1, 0.15) is 0 Å². The SMILES string of the molecule is Cc1ccc(-c2csc(NC(=O)CN3CCN(c4ccc(Cl)c(Cl)c4)CC3)n2)cc1C. The zero-order valence-electron chi connectivity index (χ0n) is 17.5. The van der Waals surface area contributed by atoms with Crippen LogP contribution < -0.4 is 10.2 Å². The summed E-state index contributed by atoms with van der Waals surface area (Å²) in [7, 11) is 0. The molecule has 1 aromatic heterocycles. The van der Waals surface area contributed by atoms with Gasteiger partial charge in [0, 0.05) is 42.8 Å². The van der Waals surface area contributed by atoms with Gasteiger partial charge in [-0.05, 0) is 49.2 Å². The molecule has 31 heavy (non-hydrogen) atoms. The Balaban J connectivity index is 1.29. The second-order valence-electron chi connectivity index (χ2n) is 7.75. The summed E-state index contributed by atoms with van der Waals surface area (Å²) in [5.74, 6) is -0.0380. The summed E-state index contributed by atoms with van der Waals surface area (Å²) >= 11 is 13.6. The number of nitrogens with one attached hydrogen (secondary N) is 1. The number of nitrogens with zero attached hydrogens (tertiary/aromatic N) is 3. The van der Waals surface area contributed by atoms with Gasteiger partial charge in [-0.15, -0.1) is 11.3 Å². The van der Waals surface area contributed by atoms with Crippen molar-refractivity contribution in [3.8, 4) is 11.3 Å². The van der Waals surface area contributed by atoms with Gasteiger partial charge in [-0.2, -0.15) is 0 Å². The number of carbonyl (C=O) groups excluding carboxylic acids is 1. The third kappa shape index (κ3) is 5.39. The van der Waals surface area contributed by atoms with Crippen molar-refractivity contribution < 1.29 is 4.79 Å². The number of hydrogen-bond donors (Lipinski definition) is 1. The van der Waals surface area contributed by atoms with Gasteiger partial charge in [-0.3, -0.25) is 9.69 Å². The summed E-state index contributed by atoms with van der Waals surface area (Å²) in [4.78, 5) is 21.5. The highest BCUT2D eigenvalue weighted by molar-refractivity contribution is 7.14. The number of amides is 1. The summed E-state index contributed by atoms with van der Waals surface area (Å²) in [5, 5.41) is 6.68. The van der Waals surface area contributed by atoms with Gasteiger partial charge in [-0.25, -0.2) is 4.98 Å². The molecule has 0 radical (unpaired) electrons. The number of rotatable bonds is 5. The van der Waals surface area contributed by atoms with Crippen LogP contribution in [0.4, 0.5) is 10.8 Å². The van der Waals surface area contributed by atoms with Gasteiger partial charge < -0.3 is 10.2 Å². The molecule has 0 spiro atoms. The van der Waals surface area contributed by atoms with Crippen molar-refractivity contribution >= 4 is 51.3 Å². The number of thiazole rings is 1. The topological polar surface area (TPSA) is 48.5 Å². The first-order valence-electron chi connectivity index (χ1n) is 10.1. The van der Waals surface area contributed by atoms with Crippen molar-refractivity contribution in [1.29, 1.82) is 0 Å². The number of piperazine rings is 1. The lowest BCUT2D eigenvalue weighted by Gasteiger charge is -2.35. The zero-order chi connectivity index (χ0) is 22.0. The summed E-state index contributed by atoms with van der Waals surface area (Å²) in [6, 6.07) is 12.0. The molecule has 1 aliphatic heterocycles. The standard InChI is InChI=1S/C23H24Cl2N4OS/c1-15-3-4-17(11-16(15)2)21-14-31-23(26-21)27-22(30)13-28-7-9-29(10-8-28)18-5-6-19(24)20(25)12-18/h3-6,11-12,14H,7-10,13H2,1-2H3,(H,26,27,30). The molecule has 1 saturated heterocycles. The maximum absolute atomic E-state index is 12.5. The fraction of sp³-hybridized carbons (Fsp3) is 0.304. The zero-order valence-corrected chi connectivity index (χ0v) is 19.8. The molecule has 2 heterocycles. The molecule has 0 saturated carbocycles. The van der Waals surface area contributed by atoms with Crippen LogP contribution in [0.15, 0.2) is 41.8 Å². The number of hydrogen-bond acceptors (Lipinski definition) is 5. The van der Waals surface area contributed by atoms with E-state index in [1.54, 1.807) is 0 Å². The van der Waals surface area contributed by atoms with Crippen molar-refractivity contribution in [3.05, 3.63) is 63.0 Å². The van der Waals surface area contributed by atoms with E-state index < -0.39 is 0 Å². The minimum absolute atomic E-state index is 0.0380. The molecule has 0 atom stereocenters. The highest BCUT2D eigenvalue weighted by Crippen LogP contribution is 2.28. The molecule has 2 aromatic carbocycles. The molecule has 1 amide bonds. The Labute approximate surface area is 196 Å². The number of aromatic nitrogens is 1. The van der Waals surface area contributed by atoms with Crippen LogP contribution in [0.1, 0.15) is 11.1 Å². The van der Waals surface area contributed by atoms with E-state index in [2.05, 4.69) is 52.1 Å². The van der Waals surface area contributed by atoms with Crippen LogP contribution in [-0.2, 0) is 4.79 Å². The van der Waals surface area contributed by atoms with E-state index in [9.17, 15) is 4.79 Å². The highest BCUT2D eigenvalue weighted by Gasteiger charge is 2.20. The summed E-state index contributed by atoms with van der Waals surface area (Å²) in [6.45, 7) is 7.82. The van der Waals surface area contributed by atoms with Gasteiger partial charge >= 0.3 is 0 Å². The fourth-order valence-electron chi connectivity index (χ4n) is 3.57. The van der Waals surface area contributed by atoms with Crippen LogP contribution in [0, 0.1) is 13.8 Å². The van der Waals surface area contributed by atoms with E-state index in [-0.39, 0.29) is 5.91 Å². The molecule has 0 bridgehead atoms. The van der Waals surface area contributed by atoms with Gasteiger partial charge in [0.25, 0.3) is 0 Å². The average Bonchev–Trinajstić information content (AvgIpc) is 3.21. The first kappa shape index (κ1) is 22.1. The summed E-state index contributed by atoms with van der Waals surface area (Å²) in [5.41, 5.74) is 5.50. The minimum atomic E-state index is -0.0380. The number of carbonyl (C=O) groups is 1. The van der Waals surface area contributed by atoms with Crippen molar-refractivity contribution in [2.45, 2.75) is 13.8 Å². The first-order valence-corrected chi connectivity index (χ1v) is 11.8. The fourth-order valence-corrected chi connectivity index (χ4v) is 4.60. The van der Waals surface area contributed by atoms with Gasteiger partial charge in [0.05, 0.1) is 22.3 Å². The van der Waals surface area contributed by atoms with Gasteiger partial charge in [-0.1, -0.05) is 35.3 Å². The minimum Gasteiger partial charge on any atom is -0.369 e.